The van der Waals surface area contributed by atoms with Gasteiger partial charge in [-0.1, -0.05) is 13.8 Å². The van der Waals surface area contributed by atoms with Crippen molar-refractivity contribution in [3.05, 3.63) is 23.9 Å². The van der Waals surface area contributed by atoms with E-state index in [9.17, 15) is 4.79 Å². The van der Waals surface area contributed by atoms with Crippen molar-refractivity contribution in [2.45, 2.75) is 33.8 Å². The quantitative estimate of drug-likeness (QED) is 0.684. The second kappa shape index (κ2) is 8.53. The monoisotopic (exact) mass is 280 g/mol. The molecule has 0 atom stereocenters. The topological polar surface area (TPSA) is 51.7 Å². The van der Waals surface area contributed by atoms with Crippen molar-refractivity contribution in [3.63, 3.8) is 0 Å². The van der Waals surface area contributed by atoms with E-state index in [0.717, 1.165) is 19.6 Å². The van der Waals surface area contributed by atoms with Gasteiger partial charge in [0.25, 0.3) is 0 Å². The van der Waals surface area contributed by atoms with E-state index in [0.29, 0.717) is 18.1 Å². The fourth-order valence-corrected chi connectivity index (χ4v) is 1.70. The normalized spacial score (nSPS) is 10.9. The molecule has 0 aliphatic rings. The highest BCUT2D eigenvalue weighted by Crippen LogP contribution is 2.10. The van der Waals surface area contributed by atoms with Gasteiger partial charge in [-0.3, -0.25) is 0 Å². The molecule has 0 fully saturated rings. The Bertz CT molecular complexity index is 400. The highest BCUT2D eigenvalue weighted by molar-refractivity contribution is 5.89. The molecule has 0 unspecified atom stereocenters. The molecule has 112 valence electrons. The van der Waals surface area contributed by atoms with Gasteiger partial charge < -0.3 is 14.4 Å². The summed E-state index contributed by atoms with van der Waals surface area (Å²) in [6.07, 6.45) is 1.55. The molecule has 0 aliphatic heterocycles. The maximum atomic E-state index is 11.8. The van der Waals surface area contributed by atoms with E-state index in [1.807, 2.05) is 13.8 Å². The van der Waals surface area contributed by atoms with Crippen LogP contribution in [0, 0.1) is 0 Å². The zero-order valence-corrected chi connectivity index (χ0v) is 12.8. The van der Waals surface area contributed by atoms with E-state index >= 15 is 0 Å². The first-order valence-corrected chi connectivity index (χ1v) is 7.09. The number of esters is 1. The number of nitrogens with zero attached hydrogens (tertiary/aromatic N) is 2. The molecule has 5 nitrogen and oxygen atoms in total. The smallest absolute Gasteiger partial charge is 0.339 e. The lowest BCUT2D eigenvalue weighted by Crippen LogP contribution is -2.27. The van der Waals surface area contributed by atoms with Crippen LogP contribution in [0.1, 0.15) is 38.1 Å². The van der Waals surface area contributed by atoms with E-state index in [-0.39, 0.29) is 12.1 Å². The predicted octanol–water partition coefficient (Wildman–Crippen LogP) is 2.37. The second-order valence-electron chi connectivity index (χ2n) is 4.71. The minimum absolute atomic E-state index is 0.0642. The molecule has 1 aromatic rings. The summed E-state index contributed by atoms with van der Waals surface area (Å²) in [6.45, 7) is 11.1. The third-order valence-corrected chi connectivity index (χ3v) is 2.86. The SMILES string of the molecule is CCN(CC)CCOC(=O)c1ccc(OC(C)C)nc1. The minimum Gasteiger partial charge on any atom is -0.475 e. The van der Waals surface area contributed by atoms with Crippen molar-refractivity contribution in [2.75, 3.05) is 26.2 Å². The molecule has 0 bridgehead atoms. The number of carbonyl (C=O) groups excluding carboxylic acids is 1. The Labute approximate surface area is 120 Å². The first-order valence-electron chi connectivity index (χ1n) is 7.09. The summed E-state index contributed by atoms with van der Waals surface area (Å²) in [5, 5.41) is 0. The Morgan fingerprint density at radius 1 is 1.30 bits per heavy atom. The van der Waals surface area contributed by atoms with Gasteiger partial charge in [0.1, 0.15) is 6.61 Å². The highest BCUT2D eigenvalue weighted by atomic mass is 16.5. The number of rotatable bonds is 8. The van der Waals surface area contributed by atoms with Crippen LogP contribution in [0.5, 0.6) is 5.88 Å². The molecule has 0 saturated heterocycles. The maximum absolute atomic E-state index is 11.8. The van der Waals surface area contributed by atoms with Gasteiger partial charge in [-0.25, -0.2) is 9.78 Å². The van der Waals surface area contributed by atoms with Gasteiger partial charge in [0, 0.05) is 18.8 Å². The summed E-state index contributed by atoms with van der Waals surface area (Å²) in [7, 11) is 0. The summed E-state index contributed by atoms with van der Waals surface area (Å²) < 4.78 is 10.6. The third kappa shape index (κ3) is 5.57. The Morgan fingerprint density at radius 3 is 2.50 bits per heavy atom. The van der Waals surface area contributed by atoms with Gasteiger partial charge in [0.2, 0.25) is 5.88 Å². The first kappa shape index (κ1) is 16.4. The predicted molar refractivity (Wildman–Crippen MR) is 78.1 cm³/mol. The van der Waals surface area contributed by atoms with Gasteiger partial charge in [0.15, 0.2) is 0 Å². The Morgan fingerprint density at radius 2 is 2.00 bits per heavy atom. The molecule has 1 rings (SSSR count). The molecule has 0 aromatic carbocycles. The summed E-state index contributed by atoms with van der Waals surface area (Å²) in [4.78, 5) is 18.1. The van der Waals surface area contributed by atoms with Gasteiger partial charge in [-0.15, -0.1) is 0 Å². The summed E-state index contributed by atoms with van der Waals surface area (Å²) in [5.74, 6) is 0.167. The molecular weight excluding hydrogens is 256 g/mol. The number of aromatic nitrogens is 1. The van der Waals surface area contributed by atoms with Crippen LogP contribution in [0.3, 0.4) is 0 Å². The standard InChI is InChI=1S/C15H24N2O3/c1-5-17(6-2)9-10-19-15(18)13-7-8-14(16-11-13)20-12(3)4/h7-8,11-12H,5-6,9-10H2,1-4H3. The minimum atomic E-state index is -0.347. The Balaban J connectivity index is 2.43. The lowest BCUT2D eigenvalue weighted by atomic mass is 10.3. The second-order valence-corrected chi connectivity index (χ2v) is 4.71. The van der Waals surface area contributed by atoms with Crippen LogP contribution >= 0.6 is 0 Å². The molecule has 0 saturated carbocycles. The number of carbonyl (C=O) groups is 1. The first-order chi connectivity index (χ1) is 9.56. The van der Waals surface area contributed by atoms with Crippen molar-refractivity contribution in [3.8, 4) is 5.88 Å². The van der Waals surface area contributed by atoms with Crippen molar-refractivity contribution in [1.29, 1.82) is 0 Å². The molecular formula is C15H24N2O3. The van der Waals surface area contributed by atoms with E-state index in [1.54, 1.807) is 12.1 Å². The summed E-state index contributed by atoms with van der Waals surface area (Å²) >= 11 is 0. The van der Waals surface area contributed by atoms with Crippen molar-refractivity contribution in [1.82, 2.24) is 9.88 Å². The van der Waals surface area contributed by atoms with Gasteiger partial charge >= 0.3 is 5.97 Å². The van der Waals surface area contributed by atoms with Gasteiger partial charge in [0.05, 0.1) is 11.7 Å². The zero-order valence-electron chi connectivity index (χ0n) is 12.8. The van der Waals surface area contributed by atoms with Gasteiger partial charge in [-0.05, 0) is 33.0 Å². The number of hydrogen-bond acceptors (Lipinski definition) is 5. The number of hydrogen-bond donors (Lipinski definition) is 0. The number of likely N-dealkylation sites (N-methyl/N-ethyl adjacent to an activating group) is 1. The van der Waals surface area contributed by atoms with Crippen LogP contribution < -0.4 is 4.74 Å². The van der Waals surface area contributed by atoms with E-state index in [4.69, 9.17) is 9.47 Å². The highest BCUT2D eigenvalue weighted by Gasteiger charge is 2.09. The van der Waals surface area contributed by atoms with Crippen molar-refractivity contribution >= 4 is 5.97 Å². The number of ether oxygens (including phenoxy) is 2. The lowest BCUT2D eigenvalue weighted by Gasteiger charge is -2.17. The molecule has 20 heavy (non-hydrogen) atoms. The molecule has 0 N–H and O–H groups in total. The molecule has 1 aromatic heterocycles. The van der Waals surface area contributed by atoms with Crippen LogP contribution in [0.2, 0.25) is 0 Å². The average Bonchev–Trinajstić information content (AvgIpc) is 2.43. The fourth-order valence-electron chi connectivity index (χ4n) is 1.70. The largest absolute Gasteiger partial charge is 0.475 e. The maximum Gasteiger partial charge on any atom is 0.339 e. The Kier molecular flexibility index (Phi) is 7.01. The van der Waals surface area contributed by atoms with Crippen LogP contribution in [-0.4, -0.2) is 48.2 Å². The van der Waals surface area contributed by atoms with Crippen LogP contribution in [0.25, 0.3) is 0 Å². The van der Waals surface area contributed by atoms with Crippen molar-refractivity contribution < 1.29 is 14.3 Å². The lowest BCUT2D eigenvalue weighted by molar-refractivity contribution is 0.0466. The fraction of sp³-hybridized carbons (Fsp3) is 0.600. The number of pyridine rings is 1. The van der Waals surface area contributed by atoms with Crippen LogP contribution in [0.15, 0.2) is 18.3 Å². The molecule has 5 heteroatoms. The van der Waals surface area contributed by atoms with Gasteiger partial charge in [-0.2, -0.15) is 0 Å². The zero-order chi connectivity index (χ0) is 15.0. The molecule has 0 aliphatic carbocycles. The van der Waals surface area contributed by atoms with E-state index in [1.165, 1.54) is 6.20 Å². The Hall–Kier alpha value is -1.62. The van der Waals surface area contributed by atoms with Crippen LogP contribution in [0.4, 0.5) is 0 Å². The molecule has 0 amide bonds. The average molecular weight is 280 g/mol. The summed E-state index contributed by atoms with van der Waals surface area (Å²) in [5.41, 5.74) is 0.445. The van der Waals surface area contributed by atoms with E-state index in [2.05, 4.69) is 23.7 Å². The molecule has 0 spiro atoms. The molecule has 1 heterocycles. The van der Waals surface area contributed by atoms with Crippen LogP contribution in [-0.2, 0) is 4.74 Å². The summed E-state index contributed by atoms with van der Waals surface area (Å²) in [6, 6.07) is 3.35. The third-order valence-electron chi connectivity index (χ3n) is 2.86. The van der Waals surface area contributed by atoms with E-state index < -0.39 is 0 Å². The van der Waals surface area contributed by atoms with Crippen molar-refractivity contribution in [2.24, 2.45) is 0 Å². The molecule has 0 radical (unpaired) electrons.